The third-order valence-corrected chi connectivity index (χ3v) is 5.68. The van der Waals surface area contributed by atoms with Crippen LogP contribution in [0.15, 0.2) is 18.2 Å². The largest absolute Gasteiger partial charge is 0.259 e. The zero-order chi connectivity index (χ0) is 13.9. The van der Waals surface area contributed by atoms with Crippen LogP contribution in [0.4, 0.5) is 0 Å². The summed E-state index contributed by atoms with van der Waals surface area (Å²) in [6.07, 6.45) is 0. The van der Waals surface area contributed by atoms with E-state index in [2.05, 4.69) is 26.8 Å². The molecule has 0 aliphatic carbocycles. The number of benzene rings is 1. The second kappa shape index (κ2) is 6.72. The molecule has 0 saturated carbocycles. The van der Waals surface area contributed by atoms with Crippen LogP contribution in [0.2, 0.25) is 5.02 Å². The Balaban J connectivity index is 2.83. The van der Waals surface area contributed by atoms with Crippen LogP contribution >= 0.6 is 11.6 Å². The SMILES string of the molecule is Cc1ccc(Cl)cc1C(C)C(C)CS(=O)C(C)C. The van der Waals surface area contributed by atoms with Crippen molar-refractivity contribution in [1.29, 1.82) is 0 Å². The molecule has 0 N–H and O–H groups in total. The average Bonchev–Trinajstić information content (AvgIpc) is 2.31. The summed E-state index contributed by atoms with van der Waals surface area (Å²) < 4.78 is 11.9. The molecule has 0 aliphatic heterocycles. The molecular weight excluding hydrogens is 264 g/mol. The van der Waals surface area contributed by atoms with Crippen LogP contribution in [0, 0.1) is 12.8 Å². The van der Waals surface area contributed by atoms with E-state index < -0.39 is 10.8 Å². The van der Waals surface area contributed by atoms with Gasteiger partial charge < -0.3 is 0 Å². The van der Waals surface area contributed by atoms with Crippen molar-refractivity contribution in [3.63, 3.8) is 0 Å². The fourth-order valence-corrected chi connectivity index (χ4v) is 3.38. The Hall–Kier alpha value is -0.340. The van der Waals surface area contributed by atoms with E-state index in [1.165, 1.54) is 11.1 Å². The quantitative estimate of drug-likeness (QED) is 0.776. The lowest BCUT2D eigenvalue weighted by atomic mass is 9.87. The van der Waals surface area contributed by atoms with Crippen molar-refractivity contribution < 1.29 is 4.21 Å². The van der Waals surface area contributed by atoms with E-state index in [0.717, 1.165) is 10.8 Å². The number of rotatable bonds is 5. The van der Waals surface area contributed by atoms with E-state index in [1.54, 1.807) is 0 Å². The Morgan fingerprint density at radius 2 is 1.83 bits per heavy atom. The minimum atomic E-state index is -0.741. The Morgan fingerprint density at radius 1 is 1.22 bits per heavy atom. The Labute approximate surface area is 118 Å². The summed E-state index contributed by atoms with van der Waals surface area (Å²) in [4.78, 5) is 0. The smallest absolute Gasteiger partial charge is 0.0409 e. The zero-order valence-corrected chi connectivity index (χ0v) is 13.4. The van der Waals surface area contributed by atoms with Crippen LogP contribution in [-0.2, 0) is 10.8 Å². The fraction of sp³-hybridized carbons (Fsp3) is 0.600. The summed E-state index contributed by atoms with van der Waals surface area (Å²) in [5.41, 5.74) is 2.53. The van der Waals surface area contributed by atoms with Crippen LogP contribution in [-0.4, -0.2) is 15.2 Å². The molecule has 3 atom stereocenters. The standard InChI is InChI=1S/C15H23ClOS/c1-10(2)18(17)9-12(4)13(5)15-8-14(16)7-6-11(15)3/h6-8,10,12-13H,9H2,1-5H3. The molecule has 1 rings (SSSR count). The number of aryl methyl sites for hydroxylation is 1. The predicted octanol–water partition coefficient (Wildman–Crippen LogP) is 4.55. The molecule has 1 aromatic rings. The second-order valence-electron chi connectivity index (χ2n) is 5.36. The van der Waals surface area contributed by atoms with Crippen LogP contribution < -0.4 is 0 Å². The van der Waals surface area contributed by atoms with Gasteiger partial charge in [-0.05, 0) is 42.0 Å². The highest BCUT2D eigenvalue weighted by Gasteiger charge is 2.20. The highest BCUT2D eigenvalue weighted by atomic mass is 35.5. The van der Waals surface area contributed by atoms with Crippen molar-refractivity contribution in [2.24, 2.45) is 5.92 Å². The lowest BCUT2D eigenvalue weighted by molar-refractivity contribution is 0.533. The van der Waals surface area contributed by atoms with Gasteiger partial charge in [-0.2, -0.15) is 0 Å². The lowest BCUT2D eigenvalue weighted by Crippen LogP contribution is -2.20. The van der Waals surface area contributed by atoms with Gasteiger partial charge in [0.2, 0.25) is 0 Å². The average molecular weight is 287 g/mol. The van der Waals surface area contributed by atoms with E-state index >= 15 is 0 Å². The third kappa shape index (κ3) is 4.10. The molecule has 0 spiro atoms. The number of hydrogen-bond acceptors (Lipinski definition) is 1. The van der Waals surface area contributed by atoms with Gasteiger partial charge >= 0.3 is 0 Å². The van der Waals surface area contributed by atoms with Gasteiger partial charge in [0, 0.05) is 26.8 Å². The maximum atomic E-state index is 11.9. The maximum Gasteiger partial charge on any atom is 0.0409 e. The molecule has 0 bridgehead atoms. The first-order chi connectivity index (χ1) is 8.32. The predicted molar refractivity (Wildman–Crippen MR) is 81.9 cm³/mol. The van der Waals surface area contributed by atoms with E-state index in [4.69, 9.17) is 11.6 Å². The molecule has 0 fully saturated rings. The van der Waals surface area contributed by atoms with Crippen molar-refractivity contribution in [2.45, 2.75) is 45.8 Å². The van der Waals surface area contributed by atoms with Crippen molar-refractivity contribution >= 4 is 22.4 Å². The van der Waals surface area contributed by atoms with Crippen LogP contribution in [0.1, 0.15) is 44.7 Å². The van der Waals surface area contributed by atoms with Gasteiger partial charge in [-0.15, -0.1) is 0 Å². The molecule has 0 radical (unpaired) electrons. The van der Waals surface area contributed by atoms with Gasteiger partial charge in [-0.3, -0.25) is 4.21 Å². The molecule has 3 unspecified atom stereocenters. The molecule has 0 heterocycles. The molecular formula is C15H23ClOS. The van der Waals surface area contributed by atoms with Crippen molar-refractivity contribution in [1.82, 2.24) is 0 Å². The normalized spacial score (nSPS) is 16.6. The van der Waals surface area contributed by atoms with E-state index in [1.807, 2.05) is 26.0 Å². The van der Waals surface area contributed by atoms with Gasteiger partial charge in [0.15, 0.2) is 0 Å². The molecule has 3 heteroatoms. The lowest BCUT2D eigenvalue weighted by Gasteiger charge is -2.22. The van der Waals surface area contributed by atoms with E-state index in [0.29, 0.717) is 11.8 Å². The minimum absolute atomic E-state index is 0.236. The van der Waals surface area contributed by atoms with Gasteiger partial charge in [-0.25, -0.2) is 0 Å². The molecule has 0 aromatic heterocycles. The number of halogens is 1. The number of hydrogen-bond donors (Lipinski definition) is 0. The third-order valence-electron chi connectivity index (χ3n) is 3.54. The van der Waals surface area contributed by atoms with Crippen LogP contribution in [0.3, 0.4) is 0 Å². The highest BCUT2D eigenvalue weighted by molar-refractivity contribution is 7.85. The first-order valence-corrected chi connectivity index (χ1v) is 8.22. The summed E-state index contributed by atoms with van der Waals surface area (Å²) in [6.45, 7) is 10.5. The molecule has 0 amide bonds. The topological polar surface area (TPSA) is 17.1 Å². The first-order valence-electron chi connectivity index (χ1n) is 6.46. The molecule has 1 nitrogen and oxygen atoms in total. The molecule has 0 aliphatic rings. The van der Waals surface area contributed by atoms with Gasteiger partial charge in [0.05, 0.1) is 0 Å². The van der Waals surface area contributed by atoms with Gasteiger partial charge in [0.1, 0.15) is 0 Å². The summed E-state index contributed by atoms with van der Waals surface area (Å²) in [5, 5.41) is 1.01. The van der Waals surface area contributed by atoms with Crippen molar-refractivity contribution in [3.8, 4) is 0 Å². The maximum absolute atomic E-state index is 11.9. The fourth-order valence-electron chi connectivity index (χ4n) is 2.00. The second-order valence-corrected chi connectivity index (χ2v) is 7.84. The summed E-state index contributed by atoms with van der Waals surface area (Å²) in [7, 11) is -0.741. The first kappa shape index (κ1) is 15.7. The Kier molecular flexibility index (Phi) is 5.87. The molecule has 102 valence electrons. The summed E-state index contributed by atoms with van der Waals surface area (Å²) in [6, 6.07) is 6.01. The molecule has 1 aromatic carbocycles. The van der Waals surface area contributed by atoms with Crippen molar-refractivity contribution in [3.05, 3.63) is 34.3 Å². The molecule has 0 saturated heterocycles. The van der Waals surface area contributed by atoms with E-state index in [-0.39, 0.29) is 5.25 Å². The van der Waals surface area contributed by atoms with Crippen LogP contribution in [0.5, 0.6) is 0 Å². The monoisotopic (exact) mass is 286 g/mol. The van der Waals surface area contributed by atoms with Crippen LogP contribution in [0.25, 0.3) is 0 Å². The molecule has 18 heavy (non-hydrogen) atoms. The van der Waals surface area contributed by atoms with E-state index in [9.17, 15) is 4.21 Å². The zero-order valence-electron chi connectivity index (χ0n) is 11.9. The van der Waals surface area contributed by atoms with Gasteiger partial charge in [0.25, 0.3) is 0 Å². The minimum Gasteiger partial charge on any atom is -0.259 e. The highest BCUT2D eigenvalue weighted by Crippen LogP contribution is 2.29. The summed E-state index contributed by atoms with van der Waals surface area (Å²) >= 11 is 6.06. The summed E-state index contributed by atoms with van der Waals surface area (Å²) in [5.74, 6) is 1.53. The van der Waals surface area contributed by atoms with Gasteiger partial charge in [-0.1, -0.05) is 45.4 Å². The van der Waals surface area contributed by atoms with Crippen molar-refractivity contribution in [2.75, 3.05) is 5.75 Å². The Bertz CT molecular complexity index is 429. The Morgan fingerprint density at radius 3 is 2.39 bits per heavy atom.